The summed E-state index contributed by atoms with van der Waals surface area (Å²) in [6.07, 6.45) is 2.49. The monoisotopic (exact) mass is 187 g/mol. The largest absolute Gasteiger partial charge is 0.389 e. The zero-order valence-corrected chi connectivity index (χ0v) is 10.8. The first kappa shape index (κ1) is 11.7. The van der Waals surface area contributed by atoms with Crippen LogP contribution >= 0.6 is 0 Å². The Labute approximate surface area is 78.8 Å². The fraction of sp³-hybridized carbons (Fsp3) is 0.750. The minimum atomic E-state index is 0.461. The lowest BCUT2D eigenvalue weighted by molar-refractivity contribution is 0.131. The van der Waals surface area contributed by atoms with Crippen LogP contribution in [0, 0.1) is 0 Å². The van der Waals surface area contributed by atoms with Gasteiger partial charge in [-0.2, -0.15) is 0 Å². The Morgan fingerprint density at radius 2 is 1.75 bits per heavy atom. The lowest BCUT2D eigenvalue weighted by atomic mass is 10.4. The quantitative estimate of drug-likeness (QED) is 0.434. The summed E-state index contributed by atoms with van der Waals surface area (Å²) in [6, 6.07) is 0. The average Bonchev–Trinajstić information content (AvgIpc) is 1.96. The molecule has 0 aromatic rings. The van der Waals surface area contributed by atoms with E-state index < -0.39 is 0 Å². The summed E-state index contributed by atoms with van der Waals surface area (Å²) in [6.45, 7) is 0.971. The van der Waals surface area contributed by atoms with Gasteiger partial charge in [-0.15, -0.1) is 0 Å². The van der Waals surface area contributed by atoms with Gasteiger partial charge in [0.05, 0.1) is 6.17 Å². The Hall–Kier alpha value is -0.323. The van der Waals surface area contributed by atoms with E-state index in [1.165, 1.54) is 0 Å². The van der Waals surface area contributed by atoms with Gasteiger partial charge in [0.1, 0.15) is 0 Å². The molecule has 0 saturated carbocycles. The first-order valence-electron chi connectivity index (χ1n) is 4.27. The summed E-state index contributed by atoms with van der Waals surface area (Å²) in [5, 5.41) is 3.27. The van der Waals surface area contributed by atoms with Crippen LogP contribution in [0.25, 0.3) is 0 Å². The van der Waals surface area contributed by atoms with Crippen molar-refractivity contribution in [1.29, 1.82) is 0 Å². The second-order valence-electron chi connectivity index (χ2n) is 3.32. The molecule has 0 unspecified atom stereocenters. The third-order valence-corrected chi connectivity index (χ3v) is 2.11. The van der Waals surface area contributed by atoms with Gasteiger partial charge in [0.15, 0.2) is 0 Å². The second kappa shape index (κ2) is 6.22. The van der Waals surface area contributed by atoms with E-state index in [1.807, 2.05) is 6.20 Å². The Morgan fingerprint density at radius 1 is 1.25 bits per heavy atom. The minimum Gasteiger partial charge on any atom is -0.389 e. The van der Waals surface area contributed by atoms with Gasteiger partial charge in [0.2, 0.25) is 0 Å². The van der Waals surface area contributed by atoms with Crippen molar-refractivity contribution >= 4 is 10.2 Å². The lowest BCUT2D eigenvalue weighted by Crippen LogP contribution is -2.46. The number of hydrogen-bond acceptors (Lipinski definition) is 3. The predicted molar refractivity (Wildman–Crippen MR) is 58.2 cm³/mol. The van der Waals surface area contributed by atoms with Crippen LogP contribution in [0.15, 0.2) is 11.9 Å². The molecular formula is C8H21N3Si. The van der Waals surface area contributed by atoms with Crippen molar-refractivity contribution in [2.75, 3.05) is 34.7 Å². The molecule has 0 heterocycles. The van der Waals surface area contributed by atoms with Crippen LogP contribution < -0.4 is 5.32 Å². The topological polar surface area (TPSA) is 18.5 Å². The molecule has 0 atom stereocenters. The molecule has 0 bridgehead atoms. The molecule has 0 fully saturated rings. The van der Waals surface area contributed by atoms with Crippen molar-refractivity contribution in [3.63, 3.8) is 0 Å². The first-order valence-corrected chi connectivity index (χ1v) is 5.42. The summed E-state index contributed by atoms with van der Waals surface area (Å²) in [4.78, 5) is 4.40. The summed E-state index contributed by atoms with van der Waals surface area (Å²) in [5.74, 6) is 0. The SMILES string of the molecule is CN(C)C(CNC=C[SiH3])N(C)C. The molecule has 0 radical (unpaired) electrons. The molecule has 1 N–H and O–H groups in total. The molecule has 0 aliphatic rings. The molecule has 0 aliphatic heterocycles. The zero-order valence-electron chi connectivity index (χ0n) is 8.83. The number of hydrogen-bond donors (Lipinski definition) is 1. The highest BCUT2D eigenvalue weighted by atomic mass is 28.1. The van der Waals surface area contributed by atoms with Crippen molar-refractivity contribution in [3.05, 3.63) is 11.9 Å². The molecule has 3 nitrogen and oxygen atoms in total. The van der Waals surface area contributed by atoms with Gasteiger partial charge in [0.25, 0.3) is 0 Å². The van der Waals surface area contributed by atoms with E-state index in [4.69, 9.17) is 0 Å². The van der Waals surface area contributed by atoms with Gasteiger partial charge < -0.3 is 5.32 Å². The second-order valence-corrected chi connectivity index (χ2v) is 3.98. The first-order chi connectivity index (χ1) is 5.59. The molecular weight excluding hydrogens is 166 g/mol. The van der Waals surface area contributed by atoms with Crippen LogP contribution in [0.2, 0.25) is 0 Å². The van der Waals surface area contributed by atoms with Crippen molar-refractivity contribution in [2.24, 2.45) is 0 Å². The van der Waals surface area contributed by atoms with Gasteiger partial charge in [-0.3, -0.25) is 9.80 Å². The molecule has 0 aliphatic carbocycles. The fourth-order valence-electron chi connectivity index (χ4n) is 1.12. The Morgan fingerprint density at radius 3 is 2.08 bits per heavy atom. The molecule has 0 spiro atoms. The van der Waals surface area contributed by atoms with Crippen molar-refractivity contribution in [2.45, 2.75) is 6.17 Å². The van der Waals surface area contributed by atoms with Gasteiger partial charge in [0, 0.05) is 16.8 Å². The Bertz CT molecular complexity index is 126. The lowest BCUT2D eigenvalue weighted by Gasteiger charge is -2.30. The zero-order chi connectivity index (χ0) is 9.56. The summed E-state index contributed by atoms with van der Waals surface area (Å²) < 4.78 is 0. The number of likely N-dealkylation sites (N-methyl/N-ethyl adjacent to an activating group) is 2. The number of nitrogens with one attached hydrogen (secondary N) is 1. The van der Waals surface area contributed by atoms with Gasteiger partial charge in [-0.25, -0.2) is 0 Å². The smallest absolute Gasteiger partial charge is 0.0790 e. The highest BCUT2D eigenvalue weighted by molar-refractivity contribution is 6.16. The van der Waals surface area contributed by atoms with Gasteiger partial charge in [-0.1, -0.05) is 5.70 Å². The summed E-state index contributed by atoms with van der Waals surface area (Å²) in [7, 11) is 9.50. The Balaban J connectivity index is 3.79. The molecule has 0 rings (SSSR count). The van der Waals surface area contributed by atoms with Gasteiger partial charge in [-0.05, 0) is 34.4 Å². The van der Waals surface area contributed by atoms with Crippen molar-refractivity contribution in [1.82, 2.24) is 15.1 Å². The standard InChI is InChI=1S/C8H21N3Si/c1-10(2)8(11(3)4)7-9-5-6-12/h5-6,8-9H,7H2,1-4,12H3. The van der Waals surface area contributed by atoms with Crippen molar-refractivity contribution < 1.29 is 0 Å². The molecule has 0 saturated heterocycles. The van der Waals surface area contributed by atoms with E-state index in [0.29, 0.717) is 6.17 Å². The van der Waals surface area contributed by atoms with E-state index in [-0.39, 0.29) is 0 Å². The van der Waals surface area contributed by atoms with E-state index in [1.54, 1.807) is 0 Å². The highest BCUT2D eigenvalue weighted by Crippen LogP contribution is 1.94. The maximum atomic E-state index is 3.27. The van der Waals surface area contributed by atoms with E-state index in [2.05, 4.69) is 49.0 Å². The molecule has 12 heavy (non-hydrogen) atoms. The molecule has 4 heteroatoms. The fourth-order valence-corrected chi connectivity index (χ4v) is 1.35. The molecule has 72 valence electrons. The average molecular weight is 187 g/mol. The predicted octanol–water partition coefficient (Wildman–Crippen LogP) is -1.14. The summed E-state index contributed by atoms with van der Waals surface area (Å²) in [5.41, 5.74) is 2.14. The van der Waals surface area contributed by atoms with Crippen LogP contribution in [0.4, 0.5) is 0 Å². The van der Waals surface area contributed by atoms with Crippen LogP contribution in [0.1, 0.15) is 0 Å². The van der Waals surface area contributed by atoms with Crippen molar-refractivity contribution in [3.8, 4) is 0 Å². The Kier molecular flexibility index (Phi) is 6.05. The normalized spacial score (nSPS) is 12.6. The third kappa shape index (κ3) is 4.53. The minimum absolute atomic E-state index is 0.461. The van der Waals surface area contributed by atoms with Crippen LogP contribution in [0.3, 0.4) is 0 Å². The van der Waals surface area contributed by atoms with E-state index >= 15 is 0 Å². The van der Waals surface area contributed by atoms with Crippen LogP contribution in [-0.4, -0.2) is 60.9 Å². The molecule has 0 amide bonds. The van der Waals surface area contributed by atoms with Gasteiger partial charge >= 0.3 is 0 Å². The molecule has 0 aromatic carbocycles. The maximum absolute atomic E-state index is 3.27. The number of rotatable bonds is 5. The maximum Gasteiger partial charge on any atom is 0.0790 e. The molecule has 0 aromatic heterocycles. The summed E-state index contributed by atoms with van der Waals surface area (Å²) >= 11 is 0. The highest BCUT2D eigenvalue weighted by Gasteiger charge is 2.11. The number of nitrogens with zero attached hydrogens (tertiary/aromatic N) is 2. The van der Waals surface area contributed by atoms with E-state index in [0.717, 1.165) is 16.8 Å². The van der Waals surface area contributed by atoms with Crippen LogP contribution in [-0.2, 0) is 0 Å². The van der Waals surface area contributed by atoms with Crippen LogP contribution in [0.5, 0.6) is 0 Å². The van der Waals surface area contributed by atoms with E-state index in [9.17, 15) is 0 Å². The third-order valence-electron chi connectivity index (χ3n) is 1.78.